The van der Waals surface area contributed by atoms with Crippen LogP contribution in [0.4, 0.5) is 5.82 Å². The Labute approximate surface area is 129 Å². The number of aromatic nitrogens is 2. The van der Waals surface area contributed by atoms with Crippen LogP contribution in [0.5, 0.6) is 0 Å². The number of hydrogen-bond acceptors (Lipinski definition) is 4. The number of aryl methyl sites for hydroxylation is 1. The van der Waals surface area contributed by atoms with Crippen molar-refractivity contribution in [1.82, 2.24) is 15.1 Å². The average molecular weight is 306 g/mol. The lowest BCUT2D eigenvalue weighted by molar-refractivity contribution is -0.389. The number of rotatable bonds is 5. The van der Waals surface area contributed by atoms with Crippen LogP contribution in [0.1, 0.15) is 38.3 Å². The lowest BCUT2D eigenvalue weighted by atomic mass is 9.84. The number of nitro groups is 1. The summed E-state index contributed by atoms with van der Waals surface area (Å²) in [5, 5.41) is 17.6. The molecule has 4 unspecified atom stereocenters. The molecule has 2 aliphatic carbocycles. The largest absolute Gasteiger partial charge is 0.390 e. The molecule has 0 aromatic carbocycles. The summed E-state index contributed by atoms with van der Waals surface area (Å²) >= 11 is 0. The second-order valence-electron chi connectivity index (χ2n) is 6.75. The van der Waals surface area contributed by atoms with E-state index in [4.69, 9.17) is 0 Å². The van der Waals surface area contributed by atoms with Crippen molar-refractivity contribution >= 4 is 11.7 Å². The zero-order valence-electron chi connectivity index (χ0n) is 13.0. The van der Waals surface area contributed by atoms with Crippen LogP contribution in [0.25, 0.3) is 0 Å². The number of hydrogen-bond donors (Lipinski definition) is 1. The Hall–Kier alpha value is -1.92. The van der Waals surface area contributed by atoms with Crippen molar-refractivity contribution in [3.63, 3.8) is 0 Å². The minimum Gasteiger partial charge on any atom is -0.358 e. The molecule has 1 aromatic rings. The predicted molar refractivity (Wildman–Crippen MR) is 80.2 cm³/mol. The molecular weight excluding hydrogens is 284 g/mol. The van der Waals surface area contributed by atoms with Gasteiger partial charge in [-0.15, -0.1) is 0 Å². The summed E-state index contributed by atoms with van der Waals surface area (Å²) in [6.07, 6.45) is 5.17. The van der Waals surface area contributed by atoms with Crippen molar-refractivity contribution in [2.45, 2.75) is 52.1 Å². The van der Waals surface area contributed by atoms with Gasteiger partial charge in [-0.3, -0.25) is 4.79 Å². The molecule has 7 nitrogen and oxygen atoms in total. The fraction of sp³-hybridized carbons (Fsp3) is 0.733. The minimum absolute atomic E-state index is 0.0326. The van der Waals surface area contributed by atoms with Crippen LogP contribution in [0.3, 0.4) is 0 Å². The molecule has 2 fully saturated rings. The second-order valence-corrected chi connectivity index (χ2v) is 6.75. The van der Waals surface area contributed by atoms with Crippen molar-refractivity contribution in [2.24, 2.45) is 17.8 Å². The first kappa shape index (κ1) is 15.0. The van der Waals surface area contributed by atoms with Crippen LogP contribution in [-0.4, -0.2) is 26.7 Å². The highest BCUT2D eigenvalue weighted by atomic mass is 16.6. The van der Waals surface area contributed by atoms with Gasteiger partial charge in [-0.1, -0.05) is 6.42 Å². The number of carbonyl (C=O) groups is 1. The number of amides is 1. The first-order valence-corrected chi connectivity index (χ1v) is 7.92. The van der Waals surface area contributed by atoms with E-state index in [1.54, 1.807) is 6.92 Å². The SMILES string of the molecule is Cc1cc([N+](=O)[O-])nn1CC(=O)NC(C)C1CC2CCC1C2. The summed E-state index contributed by atoms with van der Waals surface area (Å²) < 4.78 is 1.39. The van der Waals surface area contributed by atoms with E-state index in [2.05, 4.69) is 17.3 Å². The van der Waals surface area contributed by atoms with Crippen molar-refractivity contribution in [3.05, 3.63) is 21.9 Å². The van der Waals surface area contributed by atoms with Gasteiger partial charge in [0.05, 0.1) is 16.9 Å². The van der Waals surface area contributed by atoms with E-state index in [0.29, 0.717) is 11.6 Å². The smallest absolute Gasteiger partial charge is 0.358 e. The second kappa shape index (κ2) is 5.70. The summed E-state index contributed by atoms with van der Waals surface area (Å²) in [6.45, 7) is 3.82. The molecule has 1 heterocycles. The highest BCUT2D eigenvalue weighted by molar-refractivity contribution is 5.76. The Morgan fingerprint density at radius 3 is 2.86 bits per heavy atom. The van der Waals surface area contributed by atoms with Gasteiger partial charge in [0.2, 0.25) is 5.91 Å². The molecule has 2 aliphatic rings. The number of fused-ring (bicyclic) bond motifs is 2. The number of nitrogens with one attached hydrogen (secondary N) is 1. The van der Waals surface area contributed by atoms with Crippen molar-refractivity contribution in [1.29, 1.82) is 0 Å². The van der Waals surface area contributed by atoms with E-state index >= 15 is 0 Å². The zero-order chi connectivity index (χ0) is 15.9. The standard InChI is InChI=1S/C15H22N4O3/c1-9-5-14(19(21)22)17-18(9)8-15(20)16-10(2)13-7-11-3-4-12(13)6-11/h5,10-13H,3-4,6-8H2,1-2H3,(H,16,20). The Bertz CT molecular complexity index is 598. The van der Waals surface area contributed by atoms with Crippen molar-refractivity contribution in [3.8, 4) is 0 Å². The lowest BCUT2D eigenvalue weighted by Gasteiger charge is -2.28. The molecule has 4 atom stereocenters. The van der Waals surface area contributed by atoms with Crippen molar-refractivity contribution < 1.29 is 9.72 Å². The van der Waals surface area contributed by atoms with E-state index in [0.717, 1.165) is 11.8 Å². The Balaban J connectivity index is 1.57. The highest BCUT2D eigenvalue weighted by Crippen LogP contribution is 2.49. The van der Waals surface area contributed by atoms with E-state index in [-0.39, 0.29) is 24.3 Å². The lowest BCUT2D eigenvalue weighted by Crippen LogP contribution is -2.41. The van der Waals surface area contributed by atoms with Gasteiger partial charge in [0.15, 0.2) is 0 Å². The third-order valence-corrected chi connectivity index (χ3v) is 5.27. The molecule has 0 saturated heterocycles. The van der Waals surface area contributed by atoms with Crippen LogP contribution in [0, 0.1) is 34.8 Å². The fourth-order valence-electron chi connectivity index (χ4n) is 4.19. The first-order valence-electron chi connectivity index (χ1n) is 7.92. The minimum atomic E-state index is -0.542. The predicted octanol–water partition coefficient (Wildman–Crippen LogP) is 2.04. The molecule has 7 heteroatoms. The fourth-order valence-corrected chi connectivity index (χ4v) is 4.19. The molecule has 1 N–H and O–H groups in total. The summed E-state index contributed by atoms with van der Waals surface area (Å²) in [5.74, 6) is 1.84. The summed E-state index contributed by atoms with van der Waals surface area (Å²) in [6, 6.07) is 1.54. The summed E-state index contributed by atoms with van der Waals surface area (Å²) in [4.78, 5) is 22.3. The molecule has 2 saturated carbocycles. The van der Waals surface area contributed by atoms with Crippen LogP contribution in [0.15, 0.2) is 6.07 Å². The van der Waals surface area contributed by atoms with E-state index in [1.165, 1.54) is 36.4 Å². The quantitative estimate of drug-likeness (QED) is 0.666. The third-order valence-electron chi connectivity index (χ3n) is 5.27. The summed E-state index contributed by atoms with van der Waals surface area (Å²) in [5.41, 5.74) is 0.620. The van der Waals surface area contributed by atoms with Gasteiger partial charge in [-0.25, -0.2) is 0 Å². The zero-order valence-corrected chi connectivity index (χ0v) is 13.0. The normalized spacial score (nSPS) is 27.8. The Kier molecular flexibility index (Phi) is 3.88. The van der Waals surface area contributed by atoms with Gasteiger partial charge in [0.25, 0.3) is 0 Å². The Morgan fingerprint density at radius 1 is 1.55 bits per heavy atom. The molecule has 1 amide bonds. The molecular formula is C15H22N4O3. The van der Waals surface area contributed by atoms with Gasteiger partial charge in [-0.2, -0.15) is 4.68 Å². The van der Waals surface area contributed by atoms with Gasteiger partial charge >= 0.3 is 5.82 Å². The van der Waals surface area contributed by atoms with E-state index < -0.39 is 4.92 Å². The molecule has 0 aliphatic heterocycles. The highest BCUT2D eigenvalue weighted by Gasteiger charge is 2.42. The third kappa shape index (κ3) is 2.84. The molecule has 0 spiro atoms. The van der Waals surface area contributed by atoms with Crippen LogP contribution >= 0.6 is 0 Å². The monoisotopic (exact) mass is 306 g/mol. The van der Waals surface area contributed by atoms with Crippen molar-refractivity contribution in [2.75, 3.05) is 0 Å². The van der Waals surface area contributed by atoms with Gasteiger partial charge in [0, 0.05) is 6.04 Å². The molecule has 22 heavy (non-hydrogen) atoms. The molecule has 0 radical (unpaired) electrons. The number of carbonyl (C=O) groups excluding carboxylic acids is 1. The van der Waals surface area contributed by atoms with E-state index in [1.807, 2.05) is 0 Å². The van der Waals surface area contributed by atoms with Gasteiger partial charge in [0.1, 0.15) is 6.54 Å². The van der Waals surface area contributed by atoms with Crippen LogP contribution in [0.2, 0.25) is 0 Å². The maximum atomic E-state index is 12.2. The summed E-state index contributed by atoms with van der Waals surface area (Å²) in [7, 11) is 0. The molecule has 120 valence electrons. The maximum absolute atomic E-state index is 12.2. The molecule has 3 rings (SSSR count). The molecule has 2 bridgehead atoms. The first-order chi connectivity index (χ1) is 10.4. The van der Waals surface area contributed by atoms with Crippen LogP contribution in [-0.2, 0) is 11.3 Å². The maximum Gasteiger partial charge on any atom is 0.390 e. The average Bonchev–Trinajstić information content (AvgIpc) is 3.14. The topological polar surface area (TPSA) is 90.1 Å². The van der Waals surface area contributed by atoms with E-state index in [9.17, 15) is 14.9 Å². The van der Waals surface area contributed by atoms with Gasteiger partial charge in [-0.05, 0) is 55.8 Å². The molecule has 1 aromatic heterocycles. The van der Waals surface area contributed by atoms with Crippen LogP contribution < -0.4 is 5.32 Å². The van der Waals surface area contributed by atoms with Gasteiger partial charge < -0.3 is 15.4 Å². The number of nitrogens with zero attached hydrogens (tertiary/aromatic N) is 3. The Morgan fingerprint density at radius 2 is 2.32 bits per heavy atom.